The van der Waals surface area contributed by atoms with Gasteiger partial charge in [-0.2, -0.15) is 0 Å². The van der Waals surface area contributed by atoms with Gasteiger partial charge in [-0.15, -0.1) is 0 Å². The first-order valence-electron chi connectivity index (χ1n) is 7.42. The van der Waals surface area contributed by atoms with Crippen LogP contribution in [0.3, 0.4) is 0 Å². The van der Waals surface area contributed by atoms with E-state index >= 15 is 0 Å². The van der Waals surface area contributed by atoms with Crippen LogP contribution >= 0.6 is 15.9 Å². The summed E-state index contributed by atoms with van der Waals surface area (Å²) in [6, 6.07) is 16.2. The van der Waals surface area contributed by atoms with Crippen molar-refractivity contribution in [2.75, 3.05) is 13.1 Å². The number of rotatable bonds is 5. The Bertz CT molecular complexity index is 787. The van der Waals surface area contributed by atoms with Gasteiger partial charge in [-0.3, -0.25) is 0 Å². The predicted octanol–water partition coefficient (Wildman–Crippen LogP) is 2.29. The van der Waals surface area contributed by atoms with Crippen LogP contribution in [0.2, 0.25) is 0 Å². The van der Waals surface area contributed by atoms with Crippen LogP contribution in [0.1, 0.15) is 11.5 Å². The van der Waals surface area contributed by atoms with E-state index in [2.05, 4.69) is 15.9 Å². The zero-order valence-electron chi connectivity index (χ0n) is 12.5. The molecule has 4 N–H and O–H groups in total. The minimum atomic E-state index is -3.48. The summed E-state index contributed by atoms with van der Waals surface area (Å²) in [6.45, 7) is 0.502. The van der Waals surface area contributed by atoms with Gasteiger partial charge in [0.15, 0.2) is 9.84 Å². The molecule has 0 aromatic heterocycles. The van der Waals surface area contributed by atoms with Gasteiger partial charge in [-0.25, -0.2) is 8.42 Å². The van der Waals surface area contributed by atoms with Crippen molar-refractivity contribution in [3.8, 4) is 0 Å². The summed E-state index contributed by atoms with van der Waals surface area (Å²) in [4.78, 5) is 0.330. The van der Waals surface area contributed by atoms with Gasteiger partial charge in [0.05, 0.1) is 10.1 Å². The summed E-state index contributed by atoms with van der Waals surface area (Å²) in [5.74, 6) is -0.171. The third-order valence-electron chi connectivity index (χ3n) is 4.77. The molecule has 2 aromatic carbocycles. The van der Waals surface area contributed by atoms with E-state index in [0.717, 1.165) is 10.0 Å². The highest BCUT2D eigenvalue weighted by molar-refractivity contribution is 9.10. The maximum Gasteiger partial charge on any atom is 0.182 e. The second-order valence-corrected chi connectivity index (χ2v) is 8.93. The Morgan fingerprint density at radius 3 is 2.04 bits per heavy atom. The molecule has 23 heavy (non-hydrogen) atoms. The summed E-state index contributed by atoms with van der Waals surface area (Å²) >= 11 is 3.40. The highest BCUT2D eigenvalue weighted by Gasteiger charge is 2.69. The number of benzene rings is 2. The Balaban J connectivity index is 2.05. The fourth-order valence-electron chi connectivity index (χ4n) is 3.44. The number of halogens is 1. The number of hydrogen-bond acceptors (Lipinski definition) is 4. The molecule has 6 heteroatoms. The van der Waals surface area contributed by atoms with Crippen molar-refractivity contribution in [2.24, 2.45) is 16.9 Å². The van der Waals surface area contributed by atoms with E-state index in [9.17, 15) is 8.42 Å². The molecule has 0 saturated heterocycles. The third kappa shape index (κ3) is 2.63. The van der Waals surface area contributed by atoms with Crippen molar-refractivity contribution in [1.82, 2.24) is 0 Å². The van der Waals surface area contributed by atoms with Crippen molar-refractivity contribution < 1.29 is 8.42 Å². The van der Waals surface area contributed by atoms with Crippen LogP contribution in [-0.4, -0.2) is 26.8 Å². The number of sulfone groups is 1. The first-order chi connectivity index (χ1) is 11.0. The van der Waals surface area contributed by atoms with E-state index in [4.69, 9.17) is 11.5 Å². The van der Waals surface area contributed by atoms with Crippen LogP contribution in [0.15, 0.2) is 64.0 Å². The normalized spacial score (nSPS) is 22.7. The molecule has 1 saturated carbocycles. The summed E-state index contributed by atoms with van der Waals surface area (Å²) in [7, 11) is -3.48. The van der Waals surface area contributed by atoms with Gasteiger partial charge >= 0.3 is 0 Å². The number of nitrogens with two attached hydrogens (primary N) is 2. The Labute approximate surface area is 144 Å². The van der Waals surface area contributed by atoms with Crippen LogP contribution in [0, 0.1) is 5.41 Å². The summed E-state index contributed by atoms with van der Waals surface area (Å²) < 4.78 is 27.1. The van der Waals surface area contributed by atoms with E-state index < -0.39 is 20.5 Å². The molecule has 0 amide bonds. The molecule has 1 aliphatic rings. The maximum atomic E-state index is 13.1. The second-order valence-electron chi connectivity index (χ2n) is 5.95. The Morgan fingerprint density at radius 2 is 1.52 bits per heavy atom. The molecule has 0 heterocycles. The molecule has 2 atom stereocenters. The van der Waals surface area contributed by atoms with Crippen LogP contribution in [0.25, 0.3) is 0 Å². The van der Waals surface area contributed by atoms with Crippen LogP contribution in [0.5, 0.6) is 0 Å². The van der Waals surface area contributed by atoms with E-state index in [-0.39, 0.29) is 19.0 Å². The molecule has 0 radical (unpaired) electrons. The standard InChI is InChI=1S/C17H19BrN2O2S/c18-13-8-6-12(7-9-13)15-16(17(15,10-19)11-20)23(21,22)14-4-2-1-3-5-14/h1-9,15-16H,10-11,19-20H2/t15-,16-/m1/s1. The fourth-order valence-corrected chi connectivity index (χ4v) is 6.20. The van der Waals surface area contributed by atoms with Gasteiger partial charge in [0, 0.05) is 28.9 Å². The largest absolute Gasteiger partial charge is 0.330 e. The van der Waals surface area contributed by atoms with E-state index in [1.807, 2.05) is 24.3 Å². The number of hydrogen-bond donors (Lipinski definition) is 2. The Morgan fingerprint density at radius 1 is 0.957 bits per heavy atom. The average molecular weight is 395 g/mol. The molecule has 122 valence electrons. The highest BCUT2D eigenvalue weighted by Crippen LogP contribution is 2.62. The maximum absolute atomic E-state index is 13.1. The highest BCUT2D eigenvalue weighted by atomic mass is 79.9. The lowest BCUT2D eigenvalue weighted by Gasteiger charge is -2.13. The van der Waals surface area contributed by atoms with Crippen LogP contribution in [-0.2, 0) is 9.84 Å². The molecule has 3 rings (SSSR count). The first-order valence-corrected chi connectivity index (χ1v) is 9.76. The lowest BCUT2D eigenvalue weighted by molar-refractivity contribution is 0.510. The zero-order chi connectivity index (χ0) is 16.7. The quantitative estimate of drug-likeness (QED) is 0.814. The lowest BCUT2D eigenvalue weighted by Crippen LogP contribution is -2.31. The smallest absolute Gasteiger partial charge is 0.182 e. The van der Waals surface area contributed by atoms with Crippen LogP contribution < -0.4 is 11.5 Å². The van der Waals surface area contributed by atoms with Gasteiger partial charge in [0.25, 0.3) is 0 Å². The first kappa shape index (κ1) is 16.6. The minimum absolute atomic E-state index is 0.171. The van der Waals surface area contributed by atoms with Crippen molar-refractivity contribution in [3.63, 3.8) is 0 Å². The Hall–Kier alpha value is -1.21. The molecule has 1 aliphatic carbocycles. The van der Waals surface area contributed by atoms with Gasteiger partial charge in [0.2, 0.25) is 0 Å². The topological polar surface area (TPSA) is 86.2 Å². The van der Waals surface area contributed by atoms with Gasteiger partial charge in [0.1, 0.15) is 0 Å². The van der Waals surface area contributed by atoms with Gasteiger partial charge in [-0.1, -0.05) is 46.3 Å². The third-order valence-corrected chi connectivity index (χ3v) is 7.64. The molecule has 1 fully saturated rings. The molecule has 0 aliphatic heterocycles. The van der Waals surface area contributed by atoms with Crippen molar-refractivity contribution >= 4 is 25.8 Å². The summed E-state index contributed by atoms with van der Waals surface area (Å²) in [6.07, 6.45) is 0. The molecule has 0 spiro atoms. The fraction of sp³-hybridized carbons (Fsp3) is 0.294. The van der Waals surface area contributed by atoms with Crippen molar-refractivity contribution in [2.45, 2.75) is 16.1 Å². The van der Waals surface area contributed by atoms with Gasteiger partial charge < -0.3 is 11.5 Å². The minimum Gasteiger partial charge on any atom is -0.330 e. The molecular weight excluding hydrogens is 376 g/mol. The lowest BCUT2D eigenvalue weighted by atomic mass is 9.99. The average Bonchev–Trinajstić information content (AvgIpc) is 3.27. The zero-order valence-corrected chi connectivity index (χ0v) is 14.9. The Kier molecular flexibility index (Phi) is 4.35. The summed E-state index contributed by atoms with van der Waals surface area (Å²) in [5, 5.41) is -0.575. The second kappa shape index (κ2) is 6.02. The summed E-state index contributed by atoms with van der Waals surface area (Å²) in [5.41, 5.74) is 12.3. The van der Waals surface area contributed by atoms with Crippen molar-refractivity contribution in [3.05, 3.63) is 64.6 Å². The molecule has 4 nitrogen and oxygen atoms in total. The molecular formula is C17H19BrN2O2S. The van der Waals surface area contributed by atoms with Gasteiger partial charge in [-0.05, 0) is 29.8 Å². The van der Waals surface area contributed by atoms with E-state index in [0.29, 0.717) is 4.90 Å². The van der Waals surface area contributed by atoms with Crippen LogP contribution in [0.4, 0.5) is 0 Å². The molecule has 0 unspecified atom stereocenters. The molecule has 2 aromatic rings. The monoisotopic (exact) mass is 394 g/mol. The SMILES string of the molecule is NCC1(CN)[C@H](c2ccc(Br)cc2)[C@H]1S(=O)(=O)c1ccccc1. The molecule has 0 bridgehead atoms. The predicted molar refractivity (Wildman–Crippen MR) is 94.8 cm³/mol. The van der Waals surface area contributed by atoms with E-state index in [1.165, 1.54) is 0 Å². The van der Waals surface area contributed by atoms with E-state index in [1.54, 1.807) is 30.3 Å². The van der Waals surface area contributed by atoms with Crippen molar-refractivity contribution in [1.29, 1.82) is 0 Å².